The molecule has 0 N–H and O–H groups in total. The summed E-state index contributed by atoms with van der Waals surface area (Å²) in [6, 6.07) is 7.72. The summed E-state index contributed by atoms with van der Waals surface area (Å²) >= 11 is 1.36. The van der Waals surface area contributed by atoms with Gasteiger partial charge in [0.05, 0.1) is 11.7 Å². The second-order valence-corrected chi connectivity index (χ2v) is 6.48. The van der Waals surface area contributed by atoms with Crippen molar-refractivity contribution in [2.45, 2.75) is 19.7 Å². The van der Waals surface area contributed by atoms with Crippen molar-refractivity contribution in [3.8, 4) is 5.75 Å². The van der Waals surface area contributed by atoms with Gasteiger partial charge in [0.1, 0.15) is 17.1 Å². The van der Waals surface area contributed by atoms with Crippen molar-refractivity contribution in [1.82, 2.24) is 14.5 Å². The number of hydrogen-bond acceptors (Lipinski definition) is 5. The number of aromatic nitrogens is 2. The number of rotatable bonds is 6. The Hall–Kier alpha value is -2.81. The van der Waals surface area contributed by atoms with Crippen molar-refractivity contribution >= 4 is 27.5 Å². The predicted octanol–water partition coefficient (Wildman–Crippen LogP) is 2.72. The number of thiophene rings is 1. The molecule has 2 heterocycles. The normalized spacial score (nSPS) is 11.1. The Morgan fingerprint density at radius 3 is 2.73 bits per heavy atom. The Balaban J connectivity index is 1.65. The Morgan fingerprint density at radius 1 is 1.31 bits per heavy atom. The van der Waals surface area contributed by atoms with Gasteiger partial charge in [-0.25, -0.2) is 4.98 Å². The number of ether oxygens (including phenoxy) is 1. The second kappa shape index (κ2) is 7.61. The minimum absolute atomic E-state index is 0.0550. The number of carbonyl (C=O) groups is 1. The Bertz CT molecular complexity index is 969. The van der Waals surface area contributed by atoms with Crippen LogP contribution >= 0.6 is 11.3 Å². The van der Waals surface area contributed by atoms with E-state index in [9.17, 15) is 18.4 Å². The highest BCUT2D eigenvalue weighted by molar-refractivity contribution is 7.16. The molecule has 0 unspecified atom stereocenters. The first-order valence-electron chi connectivity index (χ1n) is 7.64. The molecule has 0 fully saturated rings. The Kier molecular flexibility index (Phi) is 5.27. The van der Waals surface area contributed by atoms with E-state index in [2.05, 4.69) is 9.72 Å². The fourth-order valence-electron chi connectivity index (χ4n) is 2.41. The molecular weight excluding hydrogens is 364 g/mol. The third kappa shape index (κ3) is 4.05. The number of alkyl halides is 2. The van der Waals surface area contributed by atoms with Crippen LogP contribution in [0.25, 0.3) is 10.2 Å². The fourth-order valence-corrected chi connectivity index (χ4v) is 3.13. The van der Waals surface area contributed by atoms with E-state index in [-0.39, 0.29) is 30.3 Å². The number of fused-ring (bicyclic) bond motifs is 1. The van der Waals surface area contributed by atoms with Crippen molar-refractivity contribution in [1.29, 1.82) is 0 Å². The molecule has 1 amide bonds. The molecule has 0 aliphatic heterocycles. The average Bonchev–Trinajstić information content (AvgIpc) is 3.08. The summed E-state index contributed by atoms with van der Waals surface area (Å²) in [5.41, 5.74) is 0.493. The van der Waals surface area contributed by atoms with Crippen LogP contribution in [0, 0.1) is 0 Å². The SMILES string of the molecule is CN(Cc1ccc(OC(F)F)cc1)C(=O)Cn1cnc2sccc2c1=O. The number of amides is 1. The van der Waals surface area contributed by atoms with Crippen LogP contribution in [0.1, 0.15) is 5.56 Å². The van der Waals surface area contributed by atoms with Crippen LogP contribution in [-0.4, -0.2) is 34.0 Å². The Morgan fingerprint density at radius 2 is 2.04 bits per heavy atom. The first-order valence-corrected chi connectivity index (χ1v) is 8.52. The summed E-state index contributed by atoms with van der Waals surface area (Å²) in [6.45, 7) is -2.73. The van der Waals surface area contributed by atoms with Crippen molar-refractivity contribution in [3.63, 3.8) is 0 Å². The minimum atomic E-state index is -2.88. The lowest BCUT2D eigenvalue weighted by Crippen LogP contribution is -2.33. The van der Waals surface area contributed by atoms with Crippen LogP contribution in [-0.2, 0) is 17.9 Å². The lowest BCUT2D eigenvalue weighted by atomic mass is 10.2. The van der Waals surface area contributed by atoms with Crippen molar-refractivity contribution in [2.24, 2.45) is 0 Å². The van der Waals surface area contributed by atoms with Crippen LogP contribution in [0.5, 0.6) is 5.75 Å². The van der Waals surface area contributed by atoms with E-state index < -0.39 is 6.61 Å². The number of benzene rings is 1. The van der Waals surface area contributed by atoms with E-state index in [0.29, 0.717) is 10.2 Å². The molecule has 0 atom stereocenters. The molecule has 9 heteroatoms. The zero-order valence-electron chi connectivity index (χ0n) is 13.8. The van der Waals surface area contributed by atoms with Gasteiger partial charge in [-0.15, -0.1) is 11.3 Å². The molecule has 6 nitrogen and oxygen atoms in total. The summed E-state index contributed by atoms with van der Waals surface area (Å²) in [5.74, 6) is -0.212. The topological polar surface area (TPSA) is 64.4 Å². The molecule has 1 aromatic carbocycles. The minimum Gasteiger partial charge on any atom is -0.435 e. The zero-order chi connectivity index (χ0) is 18.7. The van der Waals surface area contributed by atoms with E-state index in [0.717, 1.165) is 5.56 Å². The van der Waals surface area contributed by atoms with Gasteiger partial charge in [-0.3, -0.25) is 14.2 Å². The third-order valence-electron chi connectivity index (χ3n) is 3.75. The molecule has 0 aliphatic rings. The van der Waals surface area contributed by atoms with Crippen molar-refractivity contribution in [2.75, 3.05) is 7.05 Å². The number of carbonyl (C=O) groups excluding carboxylic acids is 1. The van der Waals surface area contributed by atoms with Crippen LogP contribution in [0.4, 0.5) is 8.78 Å². The molecular formula is C17H15F2N3O3S. The largest absolute Gasteiger partial charge is 0.435 e. The zero-order valence-corrected chi connectivity index (χ0v) is 14.6. The monoisotopic (exact) mass is 379 g/mol. The first kappa shape index (κ1) is 18.0. The molecule has 0 saturated carbocycles. The number of likely N-dealkylation sites (N-methyl/N-ethyl adjacent to an activating group) is 1. The van der Waals surface area contributed by atoms with Gasteiger partial charge in [0.2, 0.25) is 5.91 Å². The highest BCUT2D eigenvalue weighted by Gasteiger charge is 2.13. The number of hydrogen-bond donors (Lipinski definition) is 0. The summed E-state index contributed by atoms with van der Waals surface area (Å²) in [6.07, 6.45) is 1.36. The molecule has 0 aliphatic carbocycles. The quantitative estimate of drug-likeness (QED) is 0.661. The maximum absolute atomic E-state index is 12.4. The van der Waals surface area contributed by atoms with Crippen LogP contribution in [0.3, 0.4) is 0 Å². The maximum atomic E-state index is 12.4. The van der Waals surface area contributed by atoms with E-state index in [4.69, 9.17) is 0 Å². The lowest BCUT2D eigenvalue weighted by Gasteiger charge is -2.18. The van der Waals surface area contributed by atoms with Gasteiger partial charge in [-0.2, -0.15) is 8.78 Å². The lowest BCUT2D eigenvalue weighted by molar-refractivity contribution is -0.131. The third-order valence-corrected chi connectivity index (χ3v) is 4.57. The highest BCUT2D eigenvalue weighted by atomic mass is 32.1. The summed E-state index contributed by atoms with van der Waals surface area (Å²) in [7, 11) is 1.60. The molecule has 0 bridgehead atoms. The van der Waals surface area contributed by atoms with Gasteiger partial charge >= 0.3 is 6.61 Å². The predicted molar refractivity (Wildman–Crippen MR) is 93.4 cm³/mol. The fraction of sp³-hybridized carbons (Fsp3) is 0.235. The van der Waals surface area contributed by atoms with E-state index >= 15 is 0 Å². The molecule has 2 aromatic heterocycles. The number of nitrogens with zero attached hydrogens (tertiary/aromatic N) is 3. The van der Waals surface area contributed by atoms with Gasteiger partial charge in [-0.05, 0) is 29.1 Å². The first-order chi connectivity index (χ1) is 12.4. The summed E-state index contributed by atoms with van der Waals surface area (Å²) < 4.78 is 29.8. The van der Waals surface area contributed by atoms with Crippen LogP contribution in [0.2, 0.25) is 0 Å². The van der Waals surface area contributed by atoms with E-state index in [1.165, 1.54) is 39.3 Å². The smallest absolute Gasteiger partial charge is 0.387 e. The molecule has 0 spiro atoms. The van der Waals surface area contributed by atoms with E-state index in [1.54, 1.807) is 30.6 Å². The molecule has 3 aromatic rings. The molecule has 26 heavy (non-hydrogen) atoms. The molecule has 0 saturated heterocycles. The average molecular weight is 379 g/mol. The van der Waals surface area contributed by atoms with Crippen LogP contribution < -0.4 is 10.3 Å². The Labute approximate surface area is 151 Å². The summed E-state index contributed by atoms with van der Waals surface area (Å²) in [4.78, 5) is 30.9. The second-order valence-electron chi connectivity index (χ2n) is 5.59. The molecule has 3 rings (SSSR count). The van der Waals surface area contributed by atoms with E-state index in [1.807, 2.05) is 0 Å². The summed E-state index contributed by atoms with van der Waals surface area (Å²) in [5, 5.41) is 2.27. The molecule has 136 valence electrons. The number of halogens is 2. The van der Waals surface area contributed by atoms with Gasteiger partial charge in [0, 0.05) is 13.6 Å². The van der Waals surface area contributed by atoms with Crippen molar-refractivity contribution in [3.05, 3.63) is 58.0 Å². The van der Waals surface area contributed by atoms with Gasteiger partial charge in [0.15, 0.2) is 0 Å². The highest BCUT2D eigenvalue weighted by Crippen LogP contribution is 2.16. The van der Waals surface area contributed by atoms with Crippen molar-refractivity contribution < 1.29 is 18.3 Å². The van der Waals surface area contributed by atoms with Gasteiger partial charge in [0.25, 0.3) is 5.56 Å². The van der Waals surface area contributed by atoms with Gasteiger partial charge < -0.3 is 9.64 Å². The standard InChI is InChI=1S/C17H15F2N3O3S/c1-21(8-11-2-4-12(5-3-11)25-17(18)19)14(23)9-22-10-20-15-13(16(22)24)6-7-26-15/h2-7,10,17H,8-9H2,1H3. The molecule has 0 radical (unpaired) electrons. The van der Waals surface area contributed by atoms with Gasteiger partial charge in [-0.1, -0.05) is 12.1 Å². The maximum Gasteiger partial charge on any atom is 0.387 e. The van der Waals surface area contributed by atoms with Crippen LogP contribution in [0.15, 0.2) is 46.8 Å².